The third-order valence-electron chi connectivity index (χ3n) is 3.46. The molecule has 0 aromatic carbocycles. The van der Waals surface area contributed by atoms with E-state index in [1.807, 2.05) is 0 Å². The molecule has 4 nitrogen and oxygen atoms in total. The first-order chi connectivity index (χ1) is 7.92. The minimum atomic E-state index is -0.285. The number of nitrogens with one attached hydrogen (secondary N) is 1. The van der Waals surface area contributed by atoms with Crippen molar-refractivity contribution in [3.05, 3.63) is 0 Å². The van der Waals surface area contributed by atoms with Gasteiger partial charge in [-0.1, -0.05) is 0 Å². The fourth-order valence-corrected chi connectivity index (χ4v) is 2.63. The Kier molecular flexibility index (Phi) is 4.08. The molecule has 3 unspecified atom stereocenters. The average molecular weight is 242 g/mol. The maximum atomic E-state index is 10.0. The molecule has 0 aliphatic carbocycles. The lowest BCUT2D eigenvalue weighted by molar-refractivity contribution is -0.0495. The Morgan fingerprint density at radius 1 is 1.29 bits per heavy atom. The maximum absolute atomic E-state index is 10.0. The van der Waals surface area contributed by atoms with Gasteiger partial charge in [-0.05, 0) is 33.6 Å². The van der Waals surface area contributed by atoms with E-state index in [4.69, 9.17) is 4.74 Å². The molecule has 0 amide bonds. The molecule has 4 heteroatoms. The third-order valence-corrected chi connectivity index (χ3v) is 3.46. The molecule has 0 aromatic heterocycles. The van der Waals surface area contributed by atoms with Crippen molar-refractivity contribution in [3.8, 4) is 0 Å². The van der Waals surface area contributed by atoms with Gasteiger partial charge in [-0.25, -0.2) is 0 Å². The molecule has 0 aromatic rings. The number of aliphatic hydroxyl groups is 1. The van der Waals surface area contributed by atoms with Crippen molar-refractivity contribution in [2.24, 2.45) is 0 Å². The second-order valence-corrected chi connectivity index (χ2v) is 6.46. The summed E-state index contributed by atoms with van der Waals surface area (Å²) in [5.74, 6) is 0. The van der Waals surface area contributed by atoms with Gasteiger partial charge in [0.05, 0.1) is 18.3 Å². The predicted octanol–water partition coefficient (Wildman–Crippen LogP) is 0.599. The van der Waals surface area contributed by atoms with Gasteiger partial charge in [0, 0.05) is 31.7 Å². The van der Waals surface area contributed by atoms with E-state index in [0.717, 1.165) is 19.6 Å². The minimum Gasteiger partial charge on any atom is -0.390 e. The largest absolute Gasteiger partial charge is 0.390 e. The molecule has 2 bridgehead atoms. The Morgan fingerprint density at radius 2 is 1.88 bits per heavy atom. The first kappa shape index (κ1) is 13.3. The molecule has 2 rings (SSSR count). The summed E-state index contributed by atoms with van der Waals surface area (Å²) >= 11 is 0. The number of hydrogen-bond acceptors (Lipinski definition) is 4. The lowest BCUT2D eigenvalue weighted by atomic mass is 10.1. The molecular weight excluding hydrogens is 216 g/mol. The van der Waals surface area contributed by atoms with Crippen molar-refractivity contribution in [1.82, 2.24) is 10.2 Å². The fourth-order valence-electron chi connectivity index (χ4n) is 2.63. The van der Waals surface area contributed by atoms with E-state index in [1.54, 1.807) is 0 Å². The Labute approximate surface area is 104 Å². The van der Waals surface area contributed by atoms with Gasteiger partial charge in [-0.2, -0.15) is 0 Å². The highest BCUT2D eigenvalue weighted by Gasteiger charge is 2.34. The predicted molar refractivity (Wildman–Crippen MR) is 68.1 cm³/mol. The SMILES string of the molecule is CC(C)(C)NCC(O)CN1CC2CCC(C1)O2. The number of rotatable bonds is 4. The third kappa shape index (κ3) is 4.21. The number of morpholine rings is 1. The standard InChI is InChI=1S/C13H26N2O2/c1-13(2,3)14-6-10(16)7-15-8-11-4-5-12(9-15)17-11/h10-12,14,16H,4-9H2,1-3H3. The summed E-state index contributed by atoms with van der Waals surface area (Å²) in [6.45, 7) is 9.76. The van der Waals surface area contributed by atoms with Gasteiger partial charge in [-0.3, -0.25) is 4.90 Å². The van der Waals surface area contributed by atoms with Gasteiger partial charge in [-0.15, -0.1) is 0 Å². The maximum Gasteiger partial charge on any atom is 0.0791 e. The molecule has 2 saturated heterocycles. The first-order valence-electron chi connectivity index (χ1n) is 6.73. The van der Waals surface area contributed by atoms with Crippen LogP contribution in [0.1, 0.15) is 33.6 Å². The monoisotopic (exact) mass is 242 g/mol. The van der Waals surface area contributed by atoms with Crippen LogP contribution in [-0.4, -0.2) is 60.0 Å². The van der Waals surface area contributed by atoms with E-state index in [0.29, 0.717) is 18.8 Å². The van der Waals surface area contributed by atoms with Crippen LogP contribution in [0.2, 0.25) is 0 Å². The van der Waals surface area contributed by atoms with Crippen LogP contribution in [-0.2, 0) is 4.74 Å². The normalized spacial score (nSPS) is 31.8. The van der Waals surface area contributed by atoms with Crippen LogP contribution in [0, 0.1) is 0 Å². The zero-order valence-corrected chi connectivity index (χ0v) is 11.3. The summed E-state index contributed by atoms with van der Waals surface area (Å²) in [5, 5.41) is 13.4. The van der Waals surface area contributed by atoms with Crippen molar-refractivity contribution >= 4 is 0 Å². The summed E-state index contributed by atoms with van der Waals surface area (Å²) < 4.78 is 5.78. The van der Waals surface area contributed by atoms with Crippen LogP contribution < -0.4 is 5.32 Å². The second-order valence-electron chi connectivity index (χ2n) is 6.46. The van der Waals surface area contributed by atoms with E-state index in [-0.39, 0.29) is 11.6 Å². The minimum absolute atomic E-state index is 0.0744. The number of aliphatic hydroxyl groups excluding tert-OH is 1. The van der Waals surface area contributed by atoms with Crippen LogP contribution in [0.3, 0.4) is 0 Å². The fraction of sp³-hybridized carbons (Fsp3) is 1.00. The van der Waals surface area contributed by atoms with Gasteiger partial charge in [0.25, 0.3) is 0 Å². The number of ether oxygens (including phenoxy) is 1. The molecule has 100 valence electrons. The summed E-state index contributed by atoms with van der Waals surface area (Å²) in [6, 6.07) is 0. The summed E-state index contributed by atoms with van der Waals surface area (Å²) in [4.78, 5) is 2.35. The topological polar surface area (TPSA) is 44.7 Å². The lowest BCUT2D eigenvalue weighted by Crippen LogP contribution is -2.49. The van der Waals surface area contributed by atoms with E-state index in [2.05, 4.69) is 31.0 Å². The molecule has 2 aliphatic heterocycles. The summed E-state index contributed by atoms with van der Waals surface area (Å²) in [6.07, 6.45) is 2.93. The molecule has 2 heterocycles. The van der Waals surface area contributed by atoms with Gasteiger partial charge >= 0.3 is 0 Å². The number of hydrogen-bond donors (Lipinski definition) is 2. The van der Waals surface area contributed by atoms with Crippen molar-refractivity contribution in [3.63, 3.8) is 0 Å². The Balaban J connectivity index is 1.70. The quantitative estimate of drug-likeness (QED) is 0.758. The number of fused-ring (bicyclic) bond motifs is 2. The Bertz CT molecular complexity index is 240. The molecule has 0 saturated carbocycles. The van der Waals surface area contributed by atoms with Crippen LogP contribution in [0.4, 0.5) is 0 Å². The molecule has 2 fully saturated rings. The summed E-state index contributed by atoms with van der Waals surface area (Å²) in [5.41, 5.74) is 0.0744. The molecule has 3 atom stereocenters. The molecule has 0 spiro atoms. The first-order valence-corrected chi connectivity index (χ1v) is 6.73. The highest BCUT2D eigenvalue weighted by atomic mass is 16.5. The van der Waals surface area contributed by atoms with Crippen molar-refractivity contribution in [1.29, 1.82) is 0 Å². The van der Waals surface area contributed by atoms with Crippen molar-refractivity contribution < 1.29 is 9.84 Å². The van der Waals surface area contributed by atoms with Gasteiger partial charge in [0.2, 0.25) is 0 Å². The number of nitrogens with zero attached hydrogens (tertiary/aromatic N) is 1. The summed E-state index contributed by atoms with van der Waals surface area (Å²) in [7, 11) is 0. The van der Waals surface area contributed by atoms with Crippen LogP contribution >= 0.6 is 0 Å². The average Bonchev–Trinajstić information content (AvgIpc) is 2.54. The van der Waals surface area contributed by atoms with E-state index in [9.17, 15) is 5.11 Å². The molecule has 0 radical (unpaired) electrons. The molecule has 2 aliphatic rings. The smallest absolute Gasteiger partial charge is 0.0791 e. The van der Waals surface area contributed by atoms with E-state index >= 15 is 0 Å². The highest BCUT2D eigenvalue weighted by Crippen LogP contribution is 2.26. The Morgan fingerprint density at radius 3 is 2.41 bits per heavy atom. The van der Waals surface area contributed by atoms with Crippen LogP contribution in [0.25, 0.3) is 0 Å². The second kappa shape index (κ2) is 5.22. The zero-order valence-electron chi connectivity index (χ0n) is 11.3. The van der Waals surface area contributed by atoms with Crippen molar-refractivity contribution in [2.45, 2.75) is 57.5 Å². The molecule has 17 heavy (non-hydrogen) atoms. The van der Waals surface area contributed by atoms with Crippen LogP contribution in [0.5, 0.6) is 0 Å². The zero-order chi connectivity index (χ0) is 12.5. The lowest BCUT2D eigenvalue weighted by Gasteiger charge is -2.34. The van der Waals surface area contributed by atoms with Crippen molar-refractivity contribution in [2.75, 3.05) is 26.2 Å². The Hall–Kier alpha value is -0.160. The van der Waals surface area contributed by atoms with E-state index in [1.165, 1.54) is 12.8 Å². The highest BCUT2D eigenvalue weighted by molar-refractivity contribution is 4.86. The van der Waals surface area contributed by atoms with E-state index < -0.39 is 0 Å². The van der Waals surface area contributed by atoms with Gasteiger partial charge in [0.15, 0.2) is 0 Å². The number of β-amino-alcohol motifs (C(OH)–C–C–N with tert-alkyl or cyclic N) is 1. The molecular formula is C13H26N2O2. The van der Waals surface area contributed by atoms with Gasteiger partial charge < -0.3 is 15.2 Å². The molecule has 2 N–H and O–H groups in total. The van der Waals surface area contributed by atoms with Gasteiger partial charge in [0.1, 0.15) is 0 Å². The number of likely N-dealkylation sites (tertiary alicyclic amines) is 1. The van der Waals surface area contributed by atoms with Crippen LogP contribution in [0.15, 0.2) is 0 Å².